The minimum atomic E-state index is -3.51. The molecule has 1 heterocycles. The Morgan fingerprint density at radius 3 is 2.71 bits per heavy atom. The van der Waals surface area contributed by atoms with Gasteiger partial charge in [-0.05, 0) is 23.3 Å². The minimum absolute atomic E-state index is 0.0655. The smallest absolute Gasteiger partial charge is 0.340 e. The molecule has 1 aromatic carbocycles. The first-order chi connectivity index (χ1) is 7.86. The summed E-state index contributed by atoms with van der Waals surface area (Å²) >= 11 is 0. The van der Waals surface area contributed by atoms with E-state index in [-0.39, 0.29) is 21.8 Å². The molecular formula is C11H9FO4S. The van der Waals surface area contributed by atoms with Crippen LogP contribution in [0.2, 0.25) is 0 Å². The van der Waals surface area contributed by atoms with E-state index < -0.39 is 21.6 Å². The highest BCUT2D eigenvalue weighted by molar-refractivity contribution is 7.92. The van der Waals surface area contributed by atoms with Crippen LogP contribution in [0.5, 0.6) is 0 Å². The lowest BCUT2D eigenvalue weighted by atomic mass is 10.1. The van der Waals surface area contributed by atoms with E-state index in [9.17, 15) is 17.6 Å². The average Bonchev–Trinajstić information content (AvgIpc) is 2.47. The second kappa shape index (κ2) is 3.66. The average molecular weight is 256 g/mol. The van der Waals surface area contributed by atoms with Gasteiger partial charge in [0, 0.05) is 0 Å². The van der Waals surface area contributed by atoms with Crippen LogP contribution in [0.15, 0.2) is 23.6 Å². The van der Waals surface area contributed by atoms with Gasteiger partial charge < -0.3 is 4.74 Å². The molecule has 0 unspecified atom stereocenters. The van der Waals surface area contributed by atoms with Gasteiger partial charge >= 0.3 is 5.97 Å². The largest absolute Gasteiger partial charge is 0.465 e. The molecule has 1 aliphatic rings. The van der Waals surface area contributed by atoms with Crippen molar-refractivity contribution in [3.63, 3.8) is 0 Å². The van der Waals surface area contributed by atoms with E-state index in [4.69, 9.17) is 0 Å². The molecule has 0 aromatic heterocycles. The molecule has 2 rings (SSSR count). The Labute approximate surface area is 97.6 Å². The number of hydrogen-bond donors (Lipinski definition) is 0. The van der Waals surface area contributed by atoms with Crippen molar-refractivity contribution in [2.24, 2.45) is 0 Å². The number of carbonyl (C=O) groups excluding carboxylic acids is 1. The van der Waals surface area contributed by atoms with Crippen LogP contribution in [0.3, 0.4) is 0 Å². The summed E-state index contributed by atoms with van der Waals surface area (Å²) < 4.78 is 41.4. The number of sulfone groups is 1. The van der Waals surface area contributed by atoms with Crippen molar-refractivity contribution in [2.45, 2.75) is 4.90 Å². The van der Waals surface area contributed by atoms with E-state index in [2.05, 4.69) is 11.3 Å². The molecule has 1 aromatic rings. The molecule has 0 saturated carbocycles. The van der Waals surface area contributed by atoms with Crippen LogP contribution >= 0.6 is 0 Å². The van der Waals surface area contributed by atoms with Crippen LogP contribution in [0.1, 0.15) is 15.9 Å². The lowest BCUT2D eigenvalue weighted by Gasteiger charge is -2.04. The Bertz CT molecular complexity index is 631. The summed E-state index contributed by atoms with van der Waals surface area (Å²) in [6, 6.07) is 2.01. The molecule has 0 fully saturated rings. The summed E-state index contributed by atoms with van der Waals surface area (Å²) in [6.07, 6.45) is 0. The van der Waals surface area contributed by atoms with Gasteiger partial charge in [0.25, 0.3) is 0 Å². The van der Waals surface area contributed by atoms with Gasteiger partial charge in [-0.15, -0.1) is 0 Å². The van der Waals surface area contributed by atoms with E-state index in [0.717, 1.165) is 19.2 Å². The molecule has 0 N–H and O–H groups in total. The summed E-state index contributed by atoms with van der Waals surface area (Å²) in [5.41, 5.74) is 0.176. The second-order valence-electron chi connectivity index (χ2n) is 3.68. The standard InChI is InChI=1S/C11H9FO4S/c1-6-5-17(14,15)10-4-8(11(13)16-2)9(12)3-7(6)10/h3-4H,1,5H2,2H3. The zero-order valence-electron chi connectivity index (χ0n) is 8.99. The monoisotopic (exact) mass is 256 g/mol. The van der Waals surface area contributed by atoms with Crippen LogP contribution in [0, 0.1) is 5.82 Å². The molecule has 1 aliphatic heterocycles. The Morgan fingerprint density at radius 1 is 1.47 bits per heavy atom. The highest BCUT2D eigenvalue weighted by Gasteiger charge is 2.31. The number of fused-ring (bicyclic) bond motifs is 1. The Balaban J connectivity index is 2.73. The topological polar surface area (TPSA) is 60.4 Å². The van der Waals surface area contributed by atoms with Crippen LogP contribution in [-0.4, -0.2) is 27.2 Å². The number of rotatable bonds is 1. The molecule has 0 radical (unpaired) electrons. The Kier molecular flexibility index (Phi) is 2.54. The highest BCUT2D eigenvalue weighted by atomic mass is 32.2. The summed E-state index contributed by atoms with van der Waals surface area (Å²) in [5.74, 6) is -1.96. The van der Waals surface area contributed by atoms with Crippen LogP contribution in [0.25, 0.3) is 5.57 Å². The summed E-state index contributed by atoms with van der Waals surface area (Å²) in [5, 5.41) is 0. The van der Waals surface area contributed by atoms with Crippen LogP contribution in [0.4, 0.5) is 4.39 Å². The third-order valence-corrected chi connectivity index (χ3v) is 4.29. The molecule has 0 bridgehead atoms. The predicted octanol–water partition coefficient (Wildman–Crippen LogP) is 1.41. The van der Waals surface area contributed by atoms with Crippen molar-refractivity contribution in [3.8, 4) is 0 Å². The highest BCUT2D eigenvalue weighted by Crippen LogP contribution is 2.34. The van der Waals surface area contributed by atoms with E-state index in [1.54, 1.807) is 0 Å². The molecule has 17 heavy (non-hydrogen) atoms. The lowest BCUT2D eigenvalue weighted by molar-refractivity contribution is 0.0595. The fourth-order valence-corrected chi connectivity index (χ4v) is 3.34. The second-order valence-corrected chi connectivity index (χ2v) is 5.64. The van der Waals surface area contributed by atoms with Crippen LogP contribution < -0.4 is 0 Å². The predicted molar refractivity (Wildman–Crippen MR) is 58.8 cm³/mol. The van der Waals surface area contributed by atoms with Crippen molar-refractivity contribution >= 4 is 21.4 Å². The van der Waals surface area contributed by atoms with Crippen molar-refractivity contribution in [2.75, 3.05) is 12.9 Å². The number of ether oxygens (including phenoxy) is 1. The van der Waals surface area contributed by atoms with Crippen molar-refractivity contribution in [1.82, 2.24) is 0 Å². The fraction of sp³-hybridized carbons (Fsp3) is 0.182. The number of benzene rings is 1. The quantitative estimate of drug-likeness (QED) is 0.563. The number of hydrogen-bond acceptors (Lipinski definition) is 4. The Morgan fingerprint density at radius 2 is 2.12 bits per heavy atom. The number of methoxy groups -OCH3 is 1. The first-order valence-corrected chi connectivity index (χ1v) is 6.35. The van der Waals surface area contributed by atoms with Crippen LogP contribution in [-0.2, 0) is 14.6 Å². The normalized spacial score (nSPS) is 16.7. The third-order valence-electron chi connectivity index (χ3n) is 2.55. The van der Waals surface area contributed by atoms with Crippen molar-refractivity contribution in [3.05, 3.63) is 35.7 Å². The number of esters is 1. The maximum absolute atomic E-state index is 13.6. The molecule has 90 valence electrons. The first kappa shape index (κ1) is 11.8. The Hall–Kier alpha value is -1.69. The van der Waals surface area contributed by atoms with E-state index in [0.29, 0.717) is 5.57 Å². The fourth-order valence-electron chi connectivity index (χ4n) is 1.74. The molecular weight excluding hydrogens is 247 g/mol. The lowest BCUT2D eigenvalue weighted by Crippen LogP contribution is -2.07. The molecule has 0 saturated heterocycles. The number of carbonyl (C=O) groups is 1. The van der Waals surface area contributed by atoms with Gasteiger partial charge in [0.15, 0.2) is 9.84 Å². The van der Waals surface area contributed by atoms with Gasteiger partial charge in [-0.25, -0.2) is 17.6 Å². The summed E-state index contributed by atoms with van der Waals surface area (Å²) in [7, 11) is -2.41. The zero-order chi connectivity index (χ0) is 12.8. The molecule has 0 aliphatic carbocycles. The zero-order valence-corrected chi connectivity index (χ0v) is 9.80. The first-order valence-electron chi connectivity index (χ1n) is 4.69. The molecule has 0 atom stereocenters. The van der Waals surface area contributed by atoms with Gasteiger partial charge in [0.2, 0.25) is 0 Å². The van der Waals surface area contributed by atoms with Gasteiger partial charge in [-0.3, -0.25) is 0 Å². The third kappa shape index (κ3) is 1.74. The van der Waals surface area contributed by atoms with Crippen molar-refractivity contribution in [1.29, 1.82) is 0 Å². The van der Waals surface area contributed by atoms with E-state index >= 15 is 0 Å². The van der Waals surface area contributed by atoms with E-state index in [1.807, 2.05) is 0 Å². The SMILES string of the molecule is C=C1CS(=O)(=O)c2cc(C(=O)OC)c(F)cc21. The molecule has 4 nitrogen and oxygen atoms in total. The molecule has 0 spiro atoms. The van der Waals surface area contributed by atoms with Gasteiger partial charge in [0.1, 0.15) is 5.82 Å². The van der Waals surface area contributed by atoms with Gasteiger partial charge in [-0.2, -0.15) is 0 Å². The van der Waals surface area contributed by atoms with Gasteiger partial charge in [-0.1, -0.05) is 6.58 Å². The molecule has 6 heteroatoms. The summed E-state index contributed by atoms with van der Waals surface area (Å²) in [4.78, 5) is 11.2. The number of halogens is 1. The maximum atomic E-state index is 13.6. The maximum Gasteiger partial charge on any atom is 0.340 e. The molecule has 0 amide bonds. The van der Waals surface area contributed by atoms with Gasteiger partial charge in [0.05, 0.1) is 23.3 Å². The van der Waals surface area contributed by atoms with Crippen molar-refractivity contribution < 1.29 is 22.3 Å². The summed E-state index contributed by atoms with van der Waals surface area (Å²) in [6.45, 7) is 3.56. The van der Waals surface area contributed by atoms with E-state index in [1.165, 1.54) is 0 Å². The minimum Gasteiger partial charge on any atom is -0.465 e.